The molecule has 4 nitrogen and oxygen atoms in total. The van der Waals surface area contributed by atoms with Gasteiger partial charge in [0.05, 0.1) is 0 Å². The molecular weight excluding hydrogens is 404 g/mol. The Morgan fingerprint density at radius 3 is 2.55 bits per heavy atom. The topological polar surface area (TPSA) is 40.6 Å². The van der Waals surface area contributed by atoms with Crippen LogP contribution in [-0.4, -0.2) is 52.2 Å². The van der Waals surface area contributed by atoms with Gasteiger partial charge in [0, 0.05) is 29.5 Å². The summed E-state index contributed by atoms with van der Waals surface area (Å²) in [5.74, 6) is 1.23. The Bertz CT molecular complexity index is 823. The van der Waals surface area contributed by atoms with E-state index >= 15 is 0 Å². The fourth-order valence-corrected chi connectivity index (χ4v) is 6.67. The Labute approximate surface area is 182 Å². The van der Waals surface area contributed by atoms with E-state index in [1.165, 1.54) is 45.2 Å². The van der Waals surface area contributed by atoms with Crippen LogP contribution in [0, 0.1) is 5.92 Å². The van der Waals surface area contributed by atoms with Crippen molar-refractivity contribution in [2.24, 2.45) is 5.92 Å². The number of fused-ring (bicyclic) bond motifs is 2. The quantitative estimate of drug-likeness (QED) is 0.582. The van der Waals surface area contributed by atoms with Crippen molar-refractivity contribution < 1.29 is 9.59 Å². The van der Waals surface area contributed by atoms with E-state index in [0.717, 1.165) is 12.2 Å². The van der Waals surface area contributed by atoms with Crippen LogP contribution in [0.1, 0.15) is 66.2 Å². The Hall–Kier alpha value is -1.30. The average molecular weight is 433 g/mol. The number of carbonyl (C=O) groups is 2. The molecule has 0 radical (unpaired) electrons. The third-order valence-corrected chi connectivity index (χ3v) is 7.99. The molecule has 2 fully saturated rings. The number of nitrogens with zero attached hydrogens (tertiary/aromatic N) is 2. The highest BCUT2D eigenvalue weighted by molar-refractivity contribution is 7.97. The number of rotatable bonds is 6. The Morgan fingerprint density at radius 2 is 1.79 bits per heavy atom. The smallest absolute Gasteiger partial charge is 0.212 e. The van der Waals surface area contributed by atoms with Gasteiger partial charge in [0.1, 0.15) is 10.7 Å². The maximum Gasteiger partial charge on any atom is 0.212 e. The number of halogens is 1. The third kappa shape index (κ3) is 4.14. The second-order valence-electron chi connectivity index (χ2n) is 8.27. The molecule has 1 aromatic carbocycles. The van der Waals surface area contributed by atoms with Crippen molar-refractivity contribution in [2.75, 3.05) is 25.4 Å². The van der Waals surface area contributed by atoms with Crippen LogP contribution in [-0.2, 0) is 0 Å². The molecule has 0 spiro atoms. The third-order valence-electron chi connectivity index (χ3n) is 6.39. The lowest BCUT2D eigenvalue weighted by atomic mass is 9.85. The van der Waals surface area contributed by atoms with E-state index in [-0.39, 0.29) is 16.6 Å². The molecule has 4 rings (SSSR count). The molecule has 1 aliphatic carbocycles. The predicted octanol–water partition coefficient (Wildman–Crippen LogP) is 5.14. The molecule has 0 unspecified atom stereocenters. The molecule has 2 saturated heterocycles. The van der Waals surface area contributed by atoms with Crippen LogP contribution in [0.25, 0.3) is 0 Å². The number of ketones is 2. The average Bonchev–Trinajstić information content (AvgIpc) is 2.76. The monoisotopic (exact) mass is 432 g/mol. The second kappa shape index (κ2) is 9.23. The summed E-state index contributed by atoms with van der Waals surface area (Å²) in [6.45, 7) is 5.25. The molecular formula is C23H29ClN2O2S. The fraction of sp³-hybridized carbons (Fsp3) is 0.565. The van der Waals surface area contributed by atoms with Gasteiger partial charge in [-0.15, -0.1) is 0 Å². The van der Waals surface area contributed by atoms with Crippen molar-refractivity contribution >= 4 is 35.1 Å². The summed E-state index contributed by atoms with van der Waals surface area (Å²) >= 11 is 8.15. The number of piperidine rings is 2. The first-order valence-electron chi connectivity index (χ1n) is 10.8. The molecule has 0 N–H and O–H groups in total. The lowest BCUT2D eigenvalue weighted by molar-refractivity contribution is 0.0691. The first kappa shape index (κ1) is 21.0. The van der Waals surface area contributed by atoms with E-state index in [1.807, 2.05) is 4.31 Å². The van der Waals surface area contributed by atoms with Crippen LogP contribution in [0.5, 0.6) is 0 Å². The second-order valence-corrected chi connectivity index (χ2v) is 9.68. The highest BCUT2D eigenvalue weighted by atomic mass is 35.5. The summed E-state index contributed by atoms with van der Waals surface area (Å²) in [4.78, 5) is 28.7. The van der Waals surface area contributed by atoms with Crippen LogP contribution >= 0.6 is 23.5 Å². The predicted molar refractivity (Wildman–Crippen MR) is 119 cm³/mol. The van der Waals surface area contributed by atoms with Crippen molar-refractivity contribution in [1.82, 2.24) is 9.21 Å². The SMILES string of the molecule is CCCN(SC[C@H]1CCCN2CCCC[C@H]12)C1=C(Cl)C(=O)c2ccccc2C1=O. The molecule has 2 heterocycles. The number of benzene rings is 1. The first-order chi connectivity index (χ1) is 14.1. The highest BCUT2D eigenvalue weighted by Gasteiger charge is 2.36. The maximum atomic E-state index is 13.2. The maximum absolute atomic E-state index is 13.2. The van der Waals surface area contributed by atoms with E-state index in [4.69, 9.17) is 11.6 Å². The number of allylic oxidation sites excluding steroid dienone is 2. The Kier molecular flexibility index (Phi) is 6.67. The van der Waals surface area contributed by atoms with Gasteiger partial charge >= 0.3 is 0 Å². The lowest BCUT2D eigenvalue weighted by Crippen LogP contribution is -2.48. The van der Waals surface area contributed by atoms with E-state index < -0.39 is 0 Å². The van der Waals surface area contributed by atoms with Crippen molar-refractivity contribution in [2.45, 2.75) is 51.5 Å². The summed E-state index contributed by atoms with van der Waals surface area (Å²) in [5.41, 5.74) is 1.26. The number of hydrogen-bond acceptors (Lipinski definition) is 5. The normalized spacial score (nSPS) is 25.0. The first-order valence-corrected chi connectivity index (χ1v) is 12.2. The largest absolute Gasteiger partial charge is 0.311 e. The lowest BCUT2D eigenvalue weighted by Gasteiger charge is -2.44. The van der Waals surface area contributed by atoms with Gasteiger partial charge in [-0.1, -0.05) is 49.2 Å². The molecule has 156 valence electrons. The van der Waals surface area contributed by atoms with Crippen LogP contribution in [0.2, 0.25) is 0 Å². The molecule has 29 heavy (non-hydrogen) atoms. The van der Waals surface area contributed by atoms with Crippen molar-refractivity contribution in [3.05, 3.63) is 46.1 Å². The minimum atomic E-state index is -0.241. The van der Waals surface area contributed by atoms with Gasteiger partial charge in [0.25, 0.3) is 0 Å². The van der Waals surface area contributed by atoms with Gasteiger partial charge < -0.3 is 9.21 Å². The summed E-state index contributed by atoms with van der Waals surface area (Å²) in [7, 11) is 0. The molecule has 0 aromatic heterocycles. The number of carbonyl (C=O) groups excluding carboxylic acids is 2. The molecule has 2 atom stereocenters. The summed E-state index contributed by atoms with van der Waals surface area (Å²) in [6, 6.07) is 7.66. The Balaban J connectivity index is 1.54. The molecule has 6 heteroatoms. The van der Waals surface area contributed by atoms with Crippen LogP contribution in [0.15, 0.2) is 35.0 Å². The minimum absolute atomic E-state index is 0.0672. The van der Waals surface area contributed by atoms with E-state index in [2.05, 4.69) is 11.8 Å². The standard InChI is InChI=1S/C23H29ClN2O2S/c1-2-12-26(29-15-16-8-7-14-25-13-6-5-11-19(16)25)21-20(24)22(27)17-9-3-4-10-18(17)23(21)28/h3-4,9-10,16,19H,2,5-8,11-15H2,1H3/t16-,19-/m1/s1. The van der Waals surface area contributed by atoms with Crippen molar-refractivity contribution in [3.63, 3.8) is 0 Å². The zero-order chi connectivity index (χ0) is 20.4. The molecule has 2 aliphatic heterocycles. The molecule has 3 aliphatic rings. The van der Waals surface area contributed by atoms with Gasteiger partial charge in [-0.05, 0) is 63.1 Å². The molecule has 0 saturated carbocycles. The van der Waals surface area contributed by atoms with Crippen LogP contribution < -0.4 is 0 Å². The summed E-state index contributed by atoms with van der Waals surface area (Å²) in [6.07, 6.45) is 7.32. The van der Waals surface area contributed by atoms with Gasteiger partial charge in [0.15, 0.2) is 0 Å². The van der Waals surface area contributed by atoms with Gasteiger partial charge in [0.2, 0.25) is 11.6 Å². The number of Topliss-reactive ketones (excluding diaryl/α,β-unsaturated/α-hetero) is 2. The van der Waals surface area contributed by atoms with Gasteiger partial charge in [-0.3, -0.25) is 9.59 Å². The van der Waals surface area contributed by atoms with Gasteiger partial charge in [-0.2, -0.15) is 0 Å². The van der Waals surface area contributed by atoms with E-state index in [1.54, 1.807) is 36.2 Å². The van der Waals surface area contributed by atoms with Crippen LogP contribution in [0.3, 0.4) is 0 Å². The van der Waals surface area contributed by atoms with Crippen LogP contribution in [0.4, 0.5) is 0 Å². The van der Waals surface area contributed by atoms with E-state index in [9.17, 15) is 9.59 Å². The zero-order valence-corrected chi connectivity index (χ0v) is 18.6. The minimum Gasteiger partial charge on any atom is -0.311 e. The highest BCUT2D eigenvalue weighted by Crippen LogP contribution is 2.37. The number of hydrogen-bond donors (Lipinski definition) is 0. The molecule has 0 amide bonds. The molecule has 0 bridgehead atoms. The van der Waals surface area contributed by atoms with E-state index in [0.29, 0.717) is 35.3 Å². The Morgan fingerprint density at radius 1 is 1.07 bits per heavy atom. The zero-order valence-electron chi connectivity index (χ0n) is 17.0. The summed E-state index contributed by atoms with van der Waals surface area (Å²) < 4.78 is 2.00. The molecule has 1 aromatic rings. The summed E-state index contributed by atoms with van der Waals surface area (Å²) in [5, 5.41) is 0.0672. The van der Waals surface area contributed by atoms with Gasteiger partial charge in [-0.25, -0.2) is 0 Å². The van der Waals surface area contributed by atoms with Crippen molar-refractivity contribution in [3.8, 4) is 0 Å². The van der Waals surface area contributed by atoms with Crippen molar-refractivity contribution in [1.29, 1.82) is 0 Å². The fourth-order valence-electron chi connectivity index (χ4n) is 4.96.